The molecule has 2 unspecified atom stereocenters. The van der Waals surface area contributed by atoms with Gasteiger partial charge in [0.05, 0.1) is 19.0 Å². The summed E-state index contributed by atoms with van der Waals surface area (Å²) in [6.45, 7) is 7.86. The maximum Gasteiger partial charge on any atom is 0.174 e. The minimum absolute atomic E-state index is 0.147. The lowest BCUT2D eigenvalue weighted by molar-refractivity contribution is -0.172. The Bertz CT molecular complexity index is 624. The highest BCUT2D eigenvalue weighted by molar-refractivity contribution is 5.31. The third-order valence-electron chi connectivity index (χ3n) is 4.27. The lowest BCUT2D eigenvalue weighted by Crippen LogP contribution is -2.35. The molecule has 4 heteroatoms. The molecule has 2 heterocycles. The molecule has 1 fully saturated rings. The van der Waals surface area contributed by atoms with Gasteiger partial charge >= 0.3 is 0 Å². The van der Waals surface area contributed by atoms with Gasteiger partial charge in [0.25, 0.3) is 0 Å². The van der Waals surface area contributed by atoms with Gasteiger partial charge in [0, 0.05) is 31.8 Å². The van der Waals surface area contributed by atoms with Crippen LogP contribution >= 0.6 is 0 Å². The summed E-state index contributed by atoms with van der Waals surface area (Å²) < 4.78 is 14.3. The van der Waals surface area contributed by atoms with Gasteiger partial charge in [0.2, 0.25) is 0 Å². The minimum atomic E-state index is -0.524. The van der Waals surface area contributed by atoms with Gasteiger partial charge in [-0.3, -0.25) is 0 Å². The van der Waals surface area contributed by atoms with Crippen molar-refractivity contribution in [2.45, 2.75) is 52.0 Å². The van der Waals surface area contributed by atoms with E-state index >= 15 is 0 Å². The number of aryl methyl sites for hydroxylation is 3. The Morgan fingerprint density at radius 3 is 2.86 bits per heavy atom. The molecule has 0 spiro atoms. The normalized spacial score (nSPS) is 24.8. The first-order chi connectivity index (χ1) is 10.6. The molecule has 0 aliphatic carbocycles. The number of rotatable bonds is 5. The van der Waals surface area contributed by atoms with Gasteiger partial charge in [-0.2, -0.15) is 0 Å². The van der Waals surface area contributed by atoms with Gasteiger partial charge in [-0.1, -0.05) is 23.8 Å². The van der Waals surface area contributed by atoms with E-state index in [9.17, 15) is 0 Å². The van der Waals surface area contributed by atoms with Crippen molar-refractivity contribution in [3.05, 3.63) is 53.6 Å². The molecule has 1 aromatic heterocycles. The first-order valence-electron chi connectivity index (χ1n) is 7.90. The second kappa shape index (κ2) is 6.23. The van der Waals surface area contributed by atoms with Crippen molar-refractivity contribution in [2.75, 3.05) is 6.61 Å². The van der Waals surface area contributed by atoms with Crippen molar-refractivity contribution in [3.8, 4) is 0 Å². The molecule has 118 valence electrons. The second-order valence-corrected chi connectivity index (χ2v) is 6.31. The molecular formula is C18H24N2O2. The van der Waals surface area contributed by atoms with Crippen LogP contribution in [0.15, 0.2) is 36.9 Å². The third kappa shape index (κ3) is 3.39. The largest absolute Gasteiger partial charge is 0.347 e. The van der Waals surface area contributed by atoms with Crippen LogP contribution in [0.25, 0.3) is 0 Å². The first kappa shape index (κ1) is 15.3. The third-order valence-corrected chi connectivity index (χ3v) is 4.27. The van der Waals surface area contributed by atoms with E-state index in [4.69, 9.17) is 9.47 Å². The zero-order valence-electron chi connectivity index (χ0n) is 13.6. The van der Waals surface area contributed by atoms with Gasteiger partial charge < -0.3 is 14.0 Å². The van der Waals surface area contributed by atoms with Crippen LogP contribution in [-0.4, -0.2) is 28.0 Å². The molecule has 1 aromatic carbocycles. The Balaban J connectivity index is 1.77. The van der Waals surface area contributed by atoms with Gasteiger partial charge in [-0.25, -0.2) is 4.98 Å². The highest BCUT2D eigenvalue weighted by Gasteiger charge is 2.40. The number of ether oxygens (including phenoxy) is 2. The molecule has 0 saturated carbocycles. The number of benzene rings is 1. The average Bonchev–Trinajstić information content (AvgIpc) is 3.11. The number of aromatic nitrogens is 2. The van der Waals surface area contributed by atoms with E-state index in [1.165, 1.54) is 16.7 Å². The Kier molecular flexibility index (Phi) is 4.32. The lowest BCUT2D eigenvalue weighted by atomic mass is 9.96. The van der Waals surface area contributed by atoms with E-state index in [-0.39, 0.29) is 6.10 Å². The summed E-state index contributed by atoms with van der Waals surface area (Å²) in [4.78, 5) is 4.09. The zero-order valence-corrected chi connectivity index (χ0v) is 13.6. The fourth-order valence-corrected chi connectivity index (χ4v) is 3.07. The zero-order chi connectivity index (χ0) is 15.6. The number of imidazole rings is 1. The van der Waals surface area contributed by atoms with E-state index < -0.39 is 5.79 Å². The van der Waals surface area contributed by atoms with Crippen molar-refractivity contribution in [1.82, 2.24) is 9.55 Å². The summed E-state index contributed by atoms with van der Waals surface area (Å²) in [6.07, 6.45) is 7.37. The number of nitrogens with zero attached hydrogens (tertiary/aromatic N) is 2. The monoisotopic (exact) mass is 300 g/mol. The summed E-state index contributed by atoms with van der Waals surface area (Å²) in [5.41, 5.74) is 3.88. The van der Waals surface area contributed by atoms with E-state index in [0.29, 0.717) is 6.61 Å². The minimum Gasteiger partial charge on any atom is -0.347 e. The van der Waals surface area contributed by atoms with Gasteiger partial charge in [0.15, 0.2) is 5.79 Å². The smallest absolute Gasteiger partial charge is 0.174 e. The maximum atomic E-state index is 6.18. The van der Waals surface area contributed by atoms with Crippen LogP contribution in [0, 0.1) is 13.8 Å². The fourth-order valence-electron chi connectivity index (χ4n) is 3.07. The van der Waals surface area contributed by atoms with Crippen molar-refractivity contribution in [2.24, 2.45) is 0 Å². The van der Waals surface area contributed by atoms with Crippen molar-refractivity contribution in [1.29, 1.82) is 0 Å². The predicted molar refractivity (Wildman–Crippen MR) is 85.7 cm³/mol. The Morgan fingerprint density at radius 1 is 1.36 bits per heavy atom. The quantitative estimate of drug-likeness (QED) is 0.850. The lowest BCUT2D eigenvalue weighted by Gasteiger charge is -2.29. The van der Waals surface area contributed by atoms with Gasteiger partial charge in [-0.15, -0.1) is 0 Å². The van der Waals surface area contributed by atoms with Crippen molar-refractivity contribution in [3.63, 3.8) is 0 Å². The molecule has 0 bridgehead atoms. The molecule has 0 radical (unpaired) electrons. The highest BCUT2D eigenvalue weighted by Crippen LogP contribution is 2.32. The van der Waals surface area contributed by atoms with Crippen molar-refractivity contribution < 1.29 is 9.47 Å². The molecular weight excluding hydrogens is 276 g/mol. The first-order valence-corrected chi connectivity index (χ1v) is 7.90. The molecule has 22 heavy (non-hydrogen) atoms. The average molecular weight is 300 g/mol. The fraction of sp³-hybridized carbons (Fsp3) is 0.500. The number of hydrogen-bond donors (Lipinski definition) is 0. The standard InChI is InChI=1S/C18H24N2O2/c1-14-4-5-17(15(2)10-14)11-18(21-12-16(3)22-18)6-8-20-9-7-19-13-20/h4-5,7,9-10,13,16H,6,8,11-12H2,1-3H3. The second-order valence-electron chi connectivity index (χ2n) is 6.31. The molecule has 1 saturated heterocycles. The van der Waals surface area contributed by atoms with E-state index in [0.717, 1.165) is 19.4 Å². The molecule has 2 atom stereocenters. The van der Waals surface area contributed by atoms with Crippen LogP contribution in [-0.2, 0) is 22.4 Å². The predicted octanol–water partition coefficient (Wildman–Crippen LogP) is 3.26. The molecule has 1 aliphatic rings. The van der Waals surface area contributed by atoms with Gasteiger partial charge in [0.1, 0.15) is 0 Å². The van der Waals surface area contributed by atoms with Crippen LogP contribution in [0.5, 0.6) is 0 Å². The van der Waals surface area contributed by atoms with Crippen molar-refractivity contribution >= 4 is 0 Å². The Labute approximate surface area is 132 Å². The highest BCUT2D eigenvalue weighted by atomic mass is 16.7. The summed E-state index contributed by atoms with van der Waals surface area (Å²) in [7, 11) is 0. The van der Waals surface area contributed by atoms with Crippen LogP contribution in [0.4, 0.5) is 0 Å². The molecule has 0 N–H and O–H groups in total. The van der Waals surface area contributed by atoms with E-state index in [1.54, 1.807) is 6.20 Å². The van der Waals surface area contributed by atoms with E-state index in [2.05, 4.69) is 48.5 Å². The molecule has 4 nitrogen and oxygen atoms in total. The van der Waals surface area contributed by atoms with Crippen LogP contribution in [0.3, 0.4) is 0 Å². The summed E-state index contributed by atoms with van der Waals surface area (Å²) in [6, 6.07) is 6.57. The Hall–Kier alpha value is -1.65. The molecule has 3 rings (SSSR count). The summed E-state index contributed by atoms with van der Waals surface area (Å²) in [5, 5.41) is 0. The van der Waals surface area contributed by atoms with Crippen LogP contribution in [0.1, 0.15) is 30.0 Å². The number of hydrogen-bond acceptors (Lipinski definition) is 3. The SMILES string of the molecule is Cc1ccc(CC2(CCn3ccnc3)OCC(C)O2)c(C)c1. The van der Waals surface area contributed by atoms with Gasteiger partial charge in [-0.05, 0) is 31.9 Å². The Morgan fingerprint density at radius 2 is 2.23 bits per heavy atom. The molecule has 0 amide bonds. The molecule has 2 aromatic rings. The van der Waals surface area contributed by atoms with Crippen LogP contribution in [0.2, 0.25) is 0 Å². The van der Waals surface area contributed by atoms with Crippen LogP contribution < -0.4 is 0 Å². The summed E-state index contributed by atoms with van der Waals surface area (Å²) in [5.74, 6) is -0.524. The molecule has 1 aliphatic heterocycles. The summed E-state index contributed by atoms with van der Waals surface area (Å²) >= 11 is 0. The maximum absolute atomic E-state index is 6.18. The topological polar surface area (TPSA) is 36.3 Å². The van der Waals surface area contributed by atoms with E-state index in [1.807, 2.05) is 12.5 Å².